The van der Waals surface area contributed by atoms with Crippen molar-refractivity contribution in [2.24, 2.45) is 0 Å². The largest absolute Gasteiger partial charge is 0.382 e. The van der Waals surface area contributed by atoms with Crippen LogP contribution in [0.5, 0.6) is 0 Å². The molecule has 8 heteroatoms. The predicted octanol–water partition coefficient (Wildman–Crippen LogP) is 2.53. The van der Waals surface area contributed by atoms with Crippen molar-refractivity contribution in [2.75, 3.05) is 40.5 Å². The number of amides is 1. The standard InChI is InChI=1S/C20H27BrN2O5/c1-13-11-14(2)16(15(21)12-13)17-18(24)20(5-7-22(27-4)8-6-20)23(19(17)25)28-10-9-26-3/h11-12,17H,5-10H2,1-4H3. The van der Waals surface area contributed by atoms with Gasteiger partial charge >= 0.3 is 0 Å². The number of hydrogen-bond acceptors (Lipinski definition) is 6. The second-order valence-corrected chi connectivity index (χ2v) is 8.23. The highest BCUT2D eigenvalue weighted by Crippen LogP contribution is 2.45. The van der Waals surface area contributed by atoms with E-state index in [9.17, 15) is 9.59 Å². The van der Waals surface area contributed by atoms with Crippen LogP contribution in [0, 0.1) is 13.8 Å². The number of benzene rings is 1. The molecule has 3 rings (SSSR count). The van der Waals surface area contributed by atoms with Gasteiger partial charge in [0.25, 0.3) is 5.91 Å². The van der Waals surface area contributed by atoms with Gasteiger partial charge in [-0.1, -0.05) is 22.0 Å². The molecule has 0 saturated carbocycles. The minimum absolute atomic E-state index is 0.0988. The Bertz CT molecular complexity index is 738. The molecule has 1 atom stereocenters. The molecule has 0 aliphatic carbocycles. The zero-order valence-corrected chi connectivity index (χ0v) is 18.4. The Kier molecular flexibility index (Phi) is 6.56. The van der Waals surface area contributed by atoms with Crippen LogP contribution in [-0.2, 0) is 24.0 Å². The summed E-state index contributed by atoms with van der Waals surface area (Å²) in [4.78, 5) is 38.2. The van der Waals surface area contributed by atoms with Crippen LogP contribution in [0.3, 0.4) is 0 Å². The first-order chi connectivity index (χ1) is 13.4. The van der Waals surface area contributed by atoms with E-state index in [1.807, 2.05) is 26.0 Å². The fraction of sp³-hybridized carbons (Fsp3) is 0.600. The monoisotopic (exact) mass is 454 g/mol. The molecule has 154 valence electrons. The number of methoxy groups -OCH3 is 1. The third-order valence-corrected chi connectivity index (χ3v) is 6.30. The topological polar surface area (TPSA) is 68.3 Å². The maximum absolute atomic E-state index is 13.7. The smallest absolute Gasteiger partial charge is 0.262 e. The summed E-state index contributed by atoms with van der Waals surface area (Å²) in [7, 11) is 3.19. The molecule has 2 aliphatic rings. The lowest BCUT2D eigenvalue weighted by molar-refractivity contribution is -0.232. The van der Waals surface area contributed by atoms with Crippen LogP contribution in [0.2, 0.25) is 0 Å². The molecule has 0 N–H and O–H groups in total. The van der Waals surface area contributed by atoms with E-state index in [-0.39, 0.29) is 18.3 Å². The molecule has 1 amide bonds. The average Bonchev–Trinajstić information content (AvgIpc) is 2.84. The van der Waals surface area contributed by atoms with E-state index in [1.54, 1.807) is 19.3 Å². The third kappa shape index (κ3) is 3.64. The Labute approximate surface area is 173 Å². The second kappa shape index (κ2) is 8.59. The first kappa shape index (κ1) is 21.4. The Morgan fingerprint density at radius 3 is 2.39 bits per heavy atom. The van der Waals surface area contributed by atoms with Gasteiger partial charge in [-0.15, -0.1) is 0 Å². The van der Waals surface area contributed by atoms with Gasteiger partial charge in [0.15, 0.2) is 5.78 Å². The van der Waals surface area contributed by atoms with Crippen LogP contribution in [0.25, 0.3) is 0 Å². The lowest BCUT2D eigenvalue weighted by Crippen LogP contribution is -2.56. The number of hydrogen-bond donors (Lipinski definition) is 0. The Hall–Kier alpha value is -1.32. The number of carbonyl (C=O) groups is 2. The molecule has 28 heavy (non-hydrogen) atoms. The molecule has 0 radical (unpaired) electrons. The lowest BCUT2D eigenvalue weighted by atomic mass is 9.80. The molecule has 0 aromatic heterocycles. The zero-order chi connectivity index (χ0) is 20.5. The van der Waals surface area contributed by atoms with Gasteiger partial charge in [0, 0.05) is 24.7 Å². The van der Waals surface area contributed by atoms with Gasteiger partial charge < -0.3 is 9.57 Å². The van der Waals surface area contributed by atoms with E-state index < -0.39 is 11.5 Å². The highest BCUT2D eigenvalue weighted by Gasteiger charge is 2.61. The number of aryl methyl sites for hydroxylation is 2. The Balaban J connectivity index is 2.00. The molecule has 2 aliphatic heterocycles. The summed E-state index contributed by atoms with van der Waals surface area (Å²) in [6, 6.07) is 3.94. The maximum atomic E-state index is 13.7. The van der Waals surface area contributed by atoms with Crippen LogP contribution in [-0.4, -0.2) is 67.9 Å². The summed E-state index contributed by atoms with van der Waals surface area (Å²) >= 11 is 3.57. The van der Waals surface area contributed by atoms with E-state index in [1.165, 1.54) is 5.06 Å². The van der Waals surface area contributed by atoms with Crippen molar-refractivity contribution in [3.63, 3.8) is 0 Å². The van der Waals surface area contributed by atoms with Gasteiger partial charge in [0.1, 0.15) is 11.5 Å². The van der Waals surface area contributed by atoms with Gasteiger partial charge in [-0.2, -0.15) is 5.06 Å². The van der Waals surface area contributed by atoms with Crippen LogP contribution < -0.4 is 0 Å². The second-order valence-electron chi connectivity index (χ2n) is 7.38. The van der Waals surface area contributed by atoms with Gasteiger partial charge in [0.05, 0.1) is 20.3 Å². The first-order valence-corrected chi connectivity index (χ1v) is 10.2. The van der Waals surface area contributed by atoms with Gasteiger partial charge in [-0.3, -0.25) is 14.4 Å². The molecule has 1 spiro atoms. The number of halogens is 1. The summed E-state index contributed by atoms with van der Waals surface area (Å²) in [6.45, 7) is 5.59. The Morgan fingerprint density at radius 2 is 1.82 bits per heavy atom. The SMILES string of the molecule is COCCON1C(=O)C(c2c(C)cc(C)cc2Br)C(=O)C12CCN(OC)CC2. The molecular weight excluding hydrogens is 428 g/mol. The van der Waals surface area contributed by atoms with Crippen LogP contribution in [0.15, 0.2) is 16.6 Å². The molecule has 2 saturated heterocycles. The number of Topliss-reactive ketones (excluding diaryl/α,β-unsaturated/α-hetero) is 1. The van der Waals surface area contributed by atoms with Gasteiger partial charge in [-0.05, 0) is 49.4 Å². The summed E-state index contributed by atoms with van der Waals surface area (Å²) in [5, 5.41) is 3.13. The number of carbonyl (C=O) groups excluding carboxylic acids is 2. The number of rotatable bonds is 6. The van der Waals surface area contributed by atoms with Crippen molar-refractivity contribution in [1.29, 1.82) is 0 Å². The van der Waals surface area contributed by atoms with E-state index in [4.69, 9.17) is 14.4 Å². The fourth-order valence-electron chi connectivity index (χ4n) is 4.24. The minimum Gasteiger partial charge on any atom is -0.382 e. The number of piperidine rings is 1. The lowest BCUT2D eigenvalue weighted by Gasteiger charge is -2.41. The summed E-state index contributed by atoms with van der Waals surface area (Å²) in [5.41, 5.74) is 1.75. The van der Waals surface area contributed by atoms with Crippen molar-refractivity contribution in [1.82, 2.24) is 10.1 Å². The van der Waals surface area contributed by atoms with Crippen molar-refractivity contribution >= 4 is 27.6 Å². The molecule has 2 heterocycles. The van der Waals surface area contributed by atoms with Crippen LogP contribution in [0.1, 0.15) is 35.4 Å². The maximum Gasteiger partial charge on any atom is 0.262 e. The molecule has 1 aromatic rings. The third-order valence-electron chi connectivity index (χ3n) is 5.64. The zero-order valence-electron chi connectivity index (χ0n) is 16.8. The van der Waals surface area contributed by atoms with E-state index >= 15 is 0 Å². The summed E-state index contributed by atoms with van der Waals surface area (Å²) in [6.07, 6.45) is 0.939. The number of ether oxygens (including phenoxy) is 1. The number of nitrogens with zero attached hydrogens (tertiary/aromatic N) is 2. The van der Waals surface area contributed by atoms with E-state index in [0.29, 0.717) is 32.5 Å². The normalized spacial score (nSPS) is 22.5. The first-order valence-electron chi connectivity index (χ1n) is 9.41. The van der Waals surface area contributed by atoms with Crippen molar-refractivity contribution in [3.05, 3.63) is 33.3 Å². The quantitative estimate of drug-likeness (QED) is 0.485. The van der Waals surface area contributed by atoms with Gasteiger partial charge in [-0.25, -0.2) is 5.06 Å². The highest BCUT2D eigenvalue weighted by molar-refractivity contribution is 9.10. The fourth-order valence-corrected chi connectivity index (χ4v) is 5.15. The highest BCUT2D eigenvalue weighted by atomic mass is 79.9. The molecule has 7 nitrogen and oxygen atoms in total. The van der Waals surface area contributed by atoms with Gasteiger partial charge in [0.2, 0.25) is 0 Å². The average molecular weight is 455 g/mol. The molecule has 0 bridgehead atoms. The van der Waals surface area contributed by atoms with Crippen LogP contribution in [0.4, 0.5) is 0 Å². The number of ketones is 1. The number of hydroxylamine groups is 4. The van der Waals surface area contributed by atoms with E-state index in [2.05, 4.69) is 15.9 Å². The Morgan fingerprint density at radius 1 is 1.14 bits per heavy atom. The van der Waals surface area contributed by atoms with Crippen molar-refractivity contribution in [2.45, 2.75) is 38.1 Å². The minimum atomic E-state index is -0.971. The predicted molar refractivity (Wildman–Crippen MR) is 107 cm³/mol. The summed E-state index contributed by atoms with van der Waals surface area (Å²) in [5.74, 6) is -1.27. The molecule has 1 aromatic carbocycles. The van der Waals surface area contributed by atoms with Crippen molar-refractivity contribution < 1.29 is 24.0 Å². The van der Waals surface area contributed by atoms with E-state index in [0.717, 1.165) is 21.2 Å². The van der Waals surface area contributed by atoms with Crippen LogP contribution >= 0.6 is 15.9 Å². The molecular formula is C20H27BrN2O5. The summed E-state index contributed by atoms with van der Waals surface area (Å²) < 4.78 is 5.83. The van der Waals surface area contributed by atoms with Crippen molar-refractivity contribution in [3.8, 4) is 0 Å². The molecule has 2 fully saturated rings. The molecule has 1 unspecified atom stereocenters.